The monoisotopic (exact) mass is 341 g/mol. The number of hydrogen-bond acceptors (Lipinski definition) is 4. The number of aliphatic hydroxyl groups is 1. The molecule has 1 amide bonds. The zero-order valence-electron chi connectivity index (χ0n) is 14.3. The van der Waals surface area contributed by atoms with E-state index in [-0.39, 0.29) is 30.8 Å². The summed E-state index contributed by atoms with van der Waals surface area (Å²) in [4.78, 5) is 23.3. The second-order valence-corrected chi connectivity index (χ2v) is 5.92. The molecular weight excluding hydrogens is 318 g/mol. The van der Waals surface area contributed by atoms with E-state index in [0.717, 1.165) is 5.56 Å². The maximum absolute atomic E-state index is 11.9. The number of rotatable bonds is 9. The van der Waals surface area contributed by atoms with Crippen molar-refractivity contribution in [1.29, 1.82) is 0 Å². The highest BCUT2D eigenvalue weighted by Gasteiger charge is 2.11. The van der Waals surface area contributed by atoms with E-state index in [0.29, 0.717) is 24.3 Å². The smallest absolute Gasteiger partial charge is 0.257 e. The summed E-state index contributed by atoms with van der Waals surface area (Å²) in [5.41, 5.74) is 1.66. The molecule has 0 aliphatic rings. The second kappa shape index (κ2) is 9.59. The number of ketones is 1. The first-order valence-corrected chi connectivity index (χ1v) is 8.23. The zero-order chi connectivity index (χ0) is 18.1. The molecule has 25 heavy (non-hydrogen) atoms. The van der Waals surface area contributed by atoms with E-state index in [9.17, 15) is 14.7 Å². The van der Waals surface area contributed by atoms with Crippen molar-refractivity contribution in [3.63, 3.8) is 0 Å². The summed E-state index contributed by atoms with van der Waals surface area (Å²) in [6.45, 7) is 1.72. The van der Waals surface area contributed by atoms with Gasteiger partial charge in [-0.1, -0.05) is 42.5 Å². The van der Waals surface area contributed by atoms with Crippen LogP contribution in [0.25, 0.3) is 0 Å². The van der Waals surface area contributed by atoms with Gasteiger partial charge in [0, 0.05) is 24.6 Å². The molecule has 0 aliphatic carbocycles. The average molecular weight is 341 g/mol. The van der Waals surface area contributed by atoms with Crippen LogP contribution in [0.3, 0.4) is 0 Å². The Labute approximate surface area is 147 Å². The lowest BCUT2D eigenvalue weighted by molar-refractivity contribution is -0.123. The summed E-state index contributed by atoms with van der Waals surface area (Å²) < 4.78 is 5.42. The number of Topliss-reactive ketones (excluding diaryl/α,β-unsaturated/α-hetero) is 1. The molecule has 0 spiro atoms. The van der Waals surface area contributed by atoms with Gasteiger partial charge in [-0.05, 0) is 31.0 Å². The van der Waals surface area contributed by atoms with Crippen LogP contribution in [0.4, 0.5) is 0 Å². The van der Waals surface area contributed by atoms with E-state index in [2.05, 4.69) is 5.32 Å². The van der Waals surface area contributed by atoms with Crippen LogP contribution >= 0.6 is 0 Å². The number of aliphatic hydroxyl groups excluding tert-OH is 1. The predicted molar refractivity (Wildman–Crippen MR) is 95.7 cm³/mol. The lowest BCUT2D eigenvalue weighted by Crippen LogP contribution is -2.35. The molecule has 0 bridgehead atoms. The molecule has 2 aromatic carbocycles. The summed E-state index contributed by atoms with van der Waals surface area (Å²) in [5, 5.41) is 12.2. The molecule has 0 aliphatic heterocycles. The lowest BCUT2D eigenvalue weighted by atomic mass is 10.0. The number of ether oxygens (including phenoxy) is 1. The molecule has 5 heteroatoms. The third kappa shape index (κ3) is 6.39. The first-order chi connectivity index (χ1) is 12.1. The molecule has 0 radical (unpaired) electrons. The molecular formula is C20H23NO4. The van der Waals surface area contributed by atoms with E-state index in [1.807, 2.05) is 30.3 Å². The van der Waals surface area contributed by atoms with Crippen LogP contribution in [0, 0.1) is 5.92 Å². The van der Waals surface area contributed by atoms with E-state index in [4.69, 9.17) is 4.74 Å². The van der Waals surface area contributed by atoms with E-state index >= 15 is 0 Å². The summed E-state index contributed by atoms with van der Waals surface area (Å²) >= 11 is 0. The third-order valence-corrected chi connectivity index (χ3v) is 3.82. The normalized spacial score (nSPS) is 11.6. The Bertz CT molecular complexity index is 700. The molecule has 2 N–H and O–H groups in total. The minimum absolute atomic E-state index is 0.00329. The molecule has 0 fully saturated rings. The van der Waals surface area contributed by atoms with Gasteiger partial charge in [0.25, 0.3) is 5.91 Å². The standard InChI is InChI=1S/C20H23NO4/c1-15(23)18-8-5-9-19(11-18)25-14-20(24)21-12-17(13-22)10-16-6-3-2-4-7-16/h2-9,11,17,22H,10,12-14H2,1H3,(H,21,24)/t17-/m1/s1. The Kier molecular flexibility index (Phi) is 7.16. The lowest BCUT2D eigenvalue weighted by Gasteiger charge is -2.15. The minimum atomic E-state index is -0.264. The van der Waals surface area contributed by atoms with Crippen molar-refractivity contribution >= 4 is 11.7 Å². The second-order valence-electron chi connectivity index (χ2n) is 5.92. The average Bonchev–Trinajstić information content (AvgIpc) is 2.64. The minimum Gasteiger partial charge on any atom is -0.484 e. The molecule has 1 atom stereocenters. The Balaban J connectivity index is 1.77. The number of carbonyl (C=O) groups excluding carboxylic acids is 2. The molecule has 0 saturated heterocycles. The summed E-state index contributed by atoms with van der Waals surface area (Å²) in [6.07, 6.45) is 0.694. The van der Waals surface area contributed by atoms with Crippen LogP contribution < -0.4 is 10.1 Å². The van der Waals surface area contributed by atoms with Crippen molar-refractivity contribution in [2.45, 2.75) is 13.3 Å². The molecule has 2 rings (SSSR count). The van der Waals surface area contributed by atoms with E-state index in [1.54, 1.807) is 24.3 Å². The van der Waals surface area contributed by atoms with E-state index < -0.39 is 0 Å². The molecule has 0 heterocycles. The highest BCUT2D eigenvalue weighted by atomic mass is 16.5. The Morgan fingerprint density at radius 3 is 2.56 bits per heavy atom. The van der Waals surface area contributed by atoms with Gasteiger partial charge in [-0.2, -0.15) is 0 Å². The maximum atomic E-state index is 11.9. The number of amides is 1. The number of carbonyl (C=O) groups is 2. The van der Waals surface area contributed by atoms with Gasteiger partial charge in [0.05, 0.1) is 0 Å². The highest BCUT2D eigenvalue weighted by Crippen LogP contribution is 2.13. The summed E-state index contributed by atoms with van der Waals surface area (Å²) in [7, 11) is 0. The predicted octanol–water partition coefficient (Wildman–Crippen LogP) is 2.24. The van der Waals surface area contributed by atoms with Gasteiger partial charge < -0.3 is 15.2 Å². The van der Waals surface area contributed by atoms with E-state index in [1.165, 1.54) is 6.92 Å². The molecule has 2 aromatic rings. The fourth-order valence-corrected chi connectivity index (χ4v) is 2.41. The maximum Gasteiger partial charge on any atom is 0.257 e. The zero-order valence-corrected chi connectivity index (χ0v) is 14.3. The van der Waals surface area contributed by atoms with Crippen molar-refractivity contribution < 1.29 is 19.4 Å². The van der Waals surface area contributed by atoms with Crippen LogP contribution in [0.2, 0.25) is 0 Å². The van der Waals surface area contributed by atoms with Crippen LogP contribution in [0.1, 0.15) is 22.8 Å². The van der Waals surface area contributed by atoms with Crippen molar-refractivity contribution in [2.75, 3.05) is 19.8 Å². The summed E-state index contributed by atoms with van der Waals surface area (Å²) in [5.74, 6) is 0.111. The fourth-order valence-electron chi connectivity index (χ4n) is 2.41. The number of benzene rings is 2. The van der Waals surface area contributed by atoms with Crippen LogP contribution in [0.5, 0.6) is 5.75 Å². The van der Waals surface area contributed by atoms with Gasteiger partial charge in [-0.15, -0.1) is 0 Å². The van der Waals surface area contributed by atoms with Gasteiger partial charge >= 0.3 is 0 Å². The van der Waals surface area contributed by atoms with Gasteiger partial charge in [-0.25, -0.2) is 0 Å². The SMILES string of the molecule is CC(=O)c1cccc(OCC(=O)NC[C@H](CO)Cc2ccccc2)c1. The molecule has 0 saturated carbocycles. The molecule has 0 aromatic heterocycles. The van der Waals surface area contributed by atoms with Gasteiger partial charge in [0.2, 0.25) is 0 Å². The van der Waals surface area contributed by atoms with Crippen molar-refractivity contribution in [2.24, 2.45) is 5.92 Å². The Morgan fingerprint density at radius 1 is 1.12 bits per heavy atom. The molecule has 132 valence electrons. The van der Waals surface area contributed by atoms with Crippen molar-refractivity contribution in [3.8, 4) is 5.75 Å². The Hall–Kier alpha value is -2.66. The topological polar surface area (TPSA) is 75.6 Å². The third-order valence-electron chi connectivity index (χ3n) is 3.82. The number of nitrogens with one attached hydrogen (secondary N) is 1. The summed E-state index contributed by atoms with van der Waals surface area (Å²) in [6, 6.07) is 16.6. The highest BCUT2D eigenvalue weighted by molar-refractivity contribution is 5.94. The fraction of sp³-hybridized carbons (Fsp3) is 0.300. The quantitative estimate of drug-likeness (QED) is 0.686. The van der Waals surface area contributed by atoms with Crippen molar-refractivity contribution in [1.82, 2.24) is 5.32 Å². The first kappa shape index (κ1) is 18.7. The largest absolute Gasteiger partial charge is 0.484 e. The van der Waals surface area contributed by atoms with Crippen molar-refractivity contribution in [3.05, 3.63) is 65.7 Å². The van der Waals surface area contributed by atoms with Crippen LogP contribution in [0.15, 0.2) is 54.6 Å². The van der Waals surface area contributed by atoms with Gasteiger partial charge in [-0.3, -0.25) is 9.59 Å². The molecule has 0 unspecified atom stereocenters. The molecule has 5 nitrogen and oxygen atoms in total. The number of hydrogen-bond donors (Lipinski definition) is 2. The first-order valence-electron chi connectivity index (χ1n) is 8.23. The van der Waals surface area contributed by atoms with Crippen LogP contribution in [-0.4, -0.2) is 36.6 Å². The van der Waals surface area contributed by atoms with Crippen LogP contribution in [-0.2, 0) is 11.2 Å². The Morgan fingerprint density at radius 2 is 1.88 bits per heavy atom. The van der Waals surface area contributed by atoms with Gasteiger partial charge in [0.15, 0.2) is 12.4 Å². The van der Waals surface area contributed by atoms with Gasteiger partial charge in [0.1, 0.15) is 5.75 Å².